The first-order chi connectivity index (χ1) is 14.5. The van der Waals surface area contributed by atoms with E-state index in [-0.39, 0.29) is 18.3 Å². The highest BCUT2D eigenvalue weighted by molar-refractivity contribution is 6.07. The van der Waals surface area contributed by atoms with Crippen molar-refractivity contribution in [2.75, 3.05) is 18.4 Å². The molecular formula is C25H31ClN4O. The summed E-state index contributed by atoms with van der Waals surface area (Å²) in [7, 11) is 0. The second kappa shape index (κ2) is 10.1. The van der Waals surface area contributed by atoms with Gasteiger partial charge >= 0.3 is 0 Å². The monoisotopic (exact) mass is 438 g/mol. The Morgan fingerprint density at radius 2 is 1.81 bits per heavy atom. The third-order valence-corrected chi connectivity index (χ3v) is 5.82. The summed E-state index contributed by atoms with van der Waals surface area (Å²) in [6.45, 7) is 7.94. The number of fused-ring (bicyclic) bond motifs is 1. The molecule has 1 amide bonds. The van der Waals surface area contributed by atoms with Crippen molar-refractivity contribution < 1.29 is 4.79 Å². The number of anilines is 2. The normalized spacial score (nSPS) is 14.3. The van der Waals surface area contributed by atoms with Gasteiger partial charge in [0, 0.05) is 36.1 Å². The fourth-order valence-corrected chi connectivity index (χ4v) is 4.03. The van der Waals surface area contributed by atoms with E-state index in [1.54, 1.807) is 6.20 Å². The highest BCUT2D eigenvalue weighted by atomic mass is 35.5. The SMILES string of the molecule is Cc1ccc2c(Nc3cccc(C(C)C)c3)c(C(=O)N3CCCCCC3)cnc2n1.Cl. The van der Waals surface area contributed by atoms with Crippen molar-refractivity contribution in [1.82, 2.24) is 14.9 Å². The number of likely N-dealkylation sites (tertiary alicyclic amines) is 1. The molecule has 0 spiro atoms. The van der Waals surface area contributed by atoms with Crippen molar-refractivity contribution in [2.45, 2.75) is 52.4 Å². The number of carbonyl (C=O) groups is 1. The Morgan fingerprint density at radius 3 is 2.52 bits per heavy atom. The van der Waals surface area contributed by atoms with Gasteiger partial charge in [-0.2, -0.15) is 0 Å². The Morgan fingerprint density at radius 1 is 1.06 bits per heavy atom. The molecule has 31 heavy (non-hydrogen) atoms. The maximum Gasteiger partial charge on any atom is 0.257 e. The predicted octanol–water partition coefficient (Wildman–Crippen LogP) is 6.24. The van der Waals surface area contributed by atoms with Crippen LogP contribution in [0.2, 0.25) is 0 Å². The molecule has 1 aliphatic heterocycles. The third-order valence-electron chi connectivity index (χ3n) is 5.82. The molecule has 3 heterocycles. The molecule has 6 heteroatoms. The zero-order valence-corrected chi connectivity index (χ0v) is 19.3. The van der Waals surface area contributed by atoms with E-state index in [1.165, 1.54) is 18.4 Å². The average Bonchev–Trinajstić information content (AvgIpc) is 3.03. The molecule has 0 aliphatic carbocycles. The highest BCUT2D eigenvalue weighted by Gasteiger charge is 2.23. The van der Waals surface area contributed by atoms with Crippen LogP contribution in [0.15, 0.2) is 42.6 Å². The second-order valence-electron chi connectivity index (χ2n) is 8.48. The minimum absolute atomic E-state index is 0. The van der Waals surface area contributed by atoms with Crippen LogP contribution in [0.25, 0.3) is 11.0 Å². The summed E-state index contributed by atoms with van der Waals surface area (Å²) >= 11 is 0. The van der Waals surface area contributed by atoms with E-state index in [2.05, 4.69) is 47.3 Å². The van der Waals surface area contributed by atoms with Crippen LogP contribution in [0.1, 0.15) is 67.1 Å². The van der Waals surface area contributed by atoms with E-state index < -0.39 is 0 Å². The van der Waals surface area contributed by atoms with Crippen LogP contribution in [0.4, 0.5) is 11.4 Å². The zero-order chi connectivity index (χ0) is 21.1. The van der Waals surface area contributed by atoms with Gasteiger partial charge in [0.2, 0.25) is 0 Å². The number of amides is 1. The fraction of sp³-hybridized carbons (Fsp3) is 0.400. The second-order valence-corrected chi connectivity index (χ2v) is 8.48. The number of halogens is 1. The number of aromatic nitrogens is 2. The molecular weight excluding hydrogens is 408 g/mol. The first-order valence-electron chi connectivity index (χ1n) is 11.0. The maximum atomic E-state index is 13.5. The maximum absolute atomic E-state index is 13.5. The van der Waals surface area contributed by atoms with E-state index >= 15 is 0 Å². The molecule has 0 saturated carbocycles. The smallest absolute Gasteiger partial charge is 0.257 e. The average molecular weight is 439 g/mol. The Balaban J connectivity index is 0.00000272. The molecule has 0 radical (unpaired) electrons. The molecule has 1 aromatic carbocycles. The van der Waals surface area contributed by atoms with Gasteiger partial charge in [-0.15, -0.1) is 12.4 Å². The van der Waals surface area contributed by atoms with Gasteiger partial charge in [0.05, 0.1) is 11.3 Å². The number of carbonyl (C=O) groups excluding carboxylic acids is 1. The molecule has 1 fully saturated rings. The fourth-order valence-electron chi connectivity index (χ4n) is 4.03. The Hall–Kier alpha value is -2.66. The molecule has 164 valence electrons. The number of benzene rings is 1. The highest BCUT2D eigenvalue weighted by Crippen LogP contribution is 2.31. The Kier molecular flexibility index (Phi) is 7.50. The number of aryl methyl sites for hydroxylation is 1. The van der Waals surface area contributed by atoms with Gasteiger partial charge in [-0.1, -0.05) is 38.8 Å². The zero-order valence-electron chi connectivity index (χ0n) is 18.5. The molecule has 0 unspecified atom stereocenters. The first kappa shape index (κ1) is 23.0. The molecule has 0 atom stereocenters. The summed E-state index contributed by atoms with van der Waals surface area (Å²) in [5.74, 6) is 0.484. The van der Waals surface area contributed by atoms with E-state index in [9.17, 15) is 4.79 Å². The number of nitrogens with one attached hydrogen (secondary N) is 1. The summed E-state index contributed by atoms with van der Waals surface area (Å²) in [5.41, 5.74) is 5.21. The van der Waals surface area contributed by atoms with E-state index in [1.807, 2.05) is 30.0 Å². The van der Waals surface area contributed by atoms with Crippen LogP contribution in [0.5, 0.6) is 0 Å². The molecule has 4 rings (SSSR count). The summed E-state index contributed by atoms with van der Waals surface area (Å²) in [6, 6.07) is 12.4. The van der Waals surface area contributed by atoms with Crippen LogP contribution >= 0.6 is 12.4 Å². The van der Waals surface area contributed by atoms with Crippen LogP contribution in [-0.2, 0) is 0 Å². The number of hydrogen-bond acceptors (Lipinski definition) is 4. The van der Waals surface area contributed by atoms with Gasteiger partial charge in [0.15, 0.2) is 5.65 Å². The van der Waals surface area contributed by atoms with Gasteiger partial charge < -0.3 is 10.2 Å². The van der Waals surface area contributed by atoms with Gasteiger partial charge in [-0.05, 0) is 55.5 Å². The van der Waals surface area contributed by atoms with Crippen molar-refractivity contribution in [3.63, 3.8) is 0 Å². The molecule has 1 aliphatic rings. The van der Waals surface area contributed by atoms with Gasteiger partial charge in [0.25, 0.3) is 5.91 Å². The lowest BCUT2D eigenvalue weighted by molar-refractivity contribution is 0.0762. The molecule has 0 bridgehead atoms. The van der Waals surface area contributed by atoms with Crippen molar-refractivity contribution in [1.29, 1.82) is 0 Å². The topological polar surface area (TPSA) is 58.1 Å². The molecule has 5 nitrogen and oxygen atoms in total. The van der Waals surface area contributed by atoms with E-state index in [0.29, 0.717) is 17.1 Å². The van der Waals surface area contributed by atoms with Crippen molar-refractivity contribution in [3.05, 3.63) is 59.4 Å². The lowest BCUT2D eigenvalue weighted by Gasteiger charge is -2.23. The molecule has 1 saturated heterocycles. The third kappa shape index (κ3) is 5.16. The minimum Gasteiger partial charge on any atom is -0.354 e. The molecule has 2 aromatic heterocycles. The minimum atomic E-state index is 0. The lowest BCUT2D eigenvalue weighted by Crippen LogP contribution is -2.32. The van der Waals surface area contributed by atoms with Gasteiger partial charge in [-0.25, -0.2) is 9.97 Å². The van der Waals surface area contributed by atoms with E-state index in [4.69, 9.17) is 0 Å². The van der Waals surface area contributed by atoms with Crippen molar-refractivity contribution >= 4 is 40.7 Å². The first-order valence-corrected chi connectivity index (χ1v) is 11.0. The number of nitrogens with zero attached hydrogens (tertiary/aromatic N) is 3. The molecule has 1 N–H and O–H groups in total. The van der Waals surface area contributed by atoms with Crippen molar-refractivity contribution in [3.8, 4) is 0 Å². The van der Waals surface area contributed by atoms with Crippen molar-refractivity contribution in [2.24, 2.45) is 0 Å². The van der Waals surface area contributed by atoms with Crippen LogP contribution < -0.4 is 5.32 Å². The number of pyridine rings is 2. The standard InChI is InChI=1S/C25H30N4O.ClH/c1-17(2)19-9-8-10-20(15-19)28-23-21-12-11-18(3)27-24(21)26-16-22(23)25(30)29-13-6-4-5-7-14-29;/h8-12,15-17H,4-7,13-14H2,1-3H3,(H,26,27,28);1H. The summed E-state index contributed by atoms with van der Waals surface area (Å²) in [5, 5.41) is 4.41. The predicted molar refractivity (Wildman–Crippen MR) is 130 cm³/mol. The number of rotatable bonds is 4. The summed E-state index contributed by atoms with van der Waals surface area (Å²) in [4.78, 5) is 24.6. The van der Waals surface area contributed by atoms with Crippen LogP contribution in [-0.4, -0.2) is 33.9 Å². The molecule has 3 aromatic rings. The summed E-state index contributed by atoms with van der Waals surface area (Å²) < 4.78 is 0. The van der Waals surface area contributed by atoms with Crippen LogP contribution in [0.3, 0.4) is 0 Å². The summed E-state index contributed by atoms with van der Waals surface area (Å²) in [6.07, 6.45) is 6.20. The Bertz CT molecular complexity index is 1060. The number of hydrogen-bond donors (Lipinski definition) is 1. The largest absolute Gasteiger partial charge is 0.354 e. The van der Waals surface area contributed by atoms with Crippen LogP contribution in [0, 0.1) is 6.92 Å². The lowest BCUT2D eigenvalue weighted by atomic mass is 10.0. The quantitative estimate of drug-likeness (QED) is 0.523. The van der Waals surface area contributed by atoms with Gasteiger partial charge in [0.1, 0.15) is 0 Å². The Labute approximate surface area is 190 Å². The van der Waals surface area contributed by atoms with E-state index in [0.717, 1.165) is 48.4 Å². The van der Waals surface area contributed by atoms with Gasteiger partial charge in [-0.3, -0.25) is 4.79 Å².